The van der Waals surface area contributed by atoms with Gasteiger partial charge in [-0.2, -0.15) is 9.40 Å². The molecule has 1 saturated heterocycles. The molecule has 168 valence electrons. The molecule has 4 rings (SSSR count). The molecule has 0 atom stereocenters. The summed E-state index contributed by atoms with van der Waals surface area (Å²) in [4.78, 5) is 14.6. The normalized spacial score (nSPS) is 19.0. The van der Waals surface area contributed by atoms with Crippen molar-refractivity contribution in [1.29, 1.82) is 0 Å². The topological polar surface area (TPSA) is 87.5 Å². The van der Waals surface area contributed by atoms with Crippen LogP contribution in [-0.2, 0) is 20.6 Å². The number of piperazine rings is 1. The van der Waals surface area contributed by atoms with E-state index in [1.807, 2.05) is 41.1 Å². The lowest BCUT2D eigenvalue weighted by Crippen LogP contribution is -2.49. The average Bonchev–Trinajstić information content (AvgIpc) is 3.45. The van der Waals surface area contributed by atoms with Crippen molar-refractivity contribution >= 4 is 21.7 Å². The minimum absolute atomic E-state index is 0.0288. The van der Waals surface area contributed by atoms with Crippen LogP contribution in [-0.4, -0.2) is 66.0 Å². The zero-order chi connectivity index (χ0) is 21.7. The summed E-state index contributed by atoms with van der Waals surface area (Å²) >= 11 is 0. The summed E-state index contributed by atoms with van der Waals surface area (Å²) in [5.41, 5.74) is 0.804. The van der Waals surface area contributed by atoms with Gasteiger partial charge in [0.05, 0.1) is 18.0 Å². The molecule has 8 nitrogen and oxygen atoms in total. The second-order valence-corrected chi connectivity index (χ2v) is 10.3. The van der Waals surface area contributed by atoms with Gasteiger partial charge in [0, 0.05) is 45.2 Å². The maximum atomic E-state index is 12.7. The predicted molar refractivity (Wildman–Crippen MR) is 120 cm³/mol. The summed E-state index contributed by atoms with van der Waals surface area (Å²) in [6.07, 6.45) is 6.77. The minimum atomic E-state index is -3.32. The van der Waals surface area contributed by atoms with Gasteiger partial charge in [-0.1, -0.05) is 43.2 Å². The largest absolute Gasteiger partial charge is 0.311 e. The second-order valence-electron chi connectivity index (χ2n) is 8.38. The van der Waals surface area contributed by atoms with Crippen LogP contribution in [0.2, 0.25) is 0 Å². The Morgan fingerprint density at radius 3 is 2.45 bits per heavy atom. The van der Waals surface area contributed by atoms with E-state index in [1.165, 1.54) is 12.8 Å². The molecule has 31 heavy (non-hydrogen) atoms. The summed E-state index contributed by atoms with van der Waals surface area (Å²) < 4.78 is 28.9. The van der Waals surface area contributed by atoms with E-state index < -0.39 is 10.0 Å². The van der Waals surface area contributed by atoms with E-state index in [2.05, 4.69) is 15.3 Å². The fraction of sp³-hybridized carbons (Fsp3) is 0.545. The molecular weight excluding hydrogens is 414 g/mol. The highest BCUT2D eigenvalue weighted by Crippen LogP contribution is 2.31. The first-order valence-corrected chi connectivity index (χ1v) is 12.7. The van der Waals surface area contributed by atoms with Gasteiger partial charge in [0.1, 0.15) is 5.82 Å². The van der Waals surface area contributed by atoms with Gasteiger partial charge in [-0.25, -0.2) is 13.1 Å². The molecule has 0 bridgehead atoms. The molecule has 1 amide bonds. The van der Waals surface area contributed by atoms with Crippen LogP contribution < -0.4 is 5.32 Å². The van der Waals surface area contributed by atoms with Crippen LogP contribution in [0, 0.1) is 0 Å². The molecule has 0 radical (unpaired) electrons. The van der Waals surface area contributed by atoms with Gasteiger partial charge in [-0.05, 0) is 18.4 Å². The molecule has 1 N–H and O–H groups in total. The summed E-state index contributed by atoms with van der Waals surface area (Å²) in [6.45, 7) is 2.83. The smallest absolute Gasteiger partial charge is 0.226 e. The van der Waals surface area contributed by atoms with Crippen molar-refractivity contribution in [1.82, 2.24) is 19.0 Å². The van der Waals surface area contributed by atoms with E-state index in [9.17, 15) is 13.2 Å². The third-order valence-corrected chi connectivity index (χ3v) is 8.03. The third-order valence-electron chi connectivity index (χ3n) is 6.18. The number of sulfonamides is 1. The van der Waals surface area contributed by atoms with Crippen LogP contribution in [0.1, 0.15) is 43.7 Å². The quantitative estimate of drug-likeness (QED) is 0.675. The van der Waals surface area contributed by atoms with E-state index in [0.717, 1.165) is 24.2 Å². The summed E-state index contributed by atoms with van der Waals surface area (Å²) in [7, 11) is -3.32. The first kappa shape index (κ1) is 22.0. The highest BCUT2D eigenvalue weighted by molar-refractivity contribution is 7.88. The highest BCUT2D eigenvalue weighted by Gasteiger charge is 2.27. The van der Waals surface area contributed by atoms with Gasteiger partial charge >= 0.3 is 0 Å². The van der Waals surface area contributed by atoms with Gasteiger partial charge in [-0.15, -0.1) is 0 Å². The molecule has 1 aliphatic carbocycles. The van der Waals surface area contributed by atoms with Crippen molar-refractivity contribution in [3.8, 4) is 0 Å². The molecule has 2 aromatic rings. The van der Waals surface area contributed by atoms with Gasteiger partial charge in [-0.3, -0.25) is 4.79 Å². The van der Waals surface area contributed by atoms with Crippen molar-refractivity contribution in [3.05, 3.63) is 48.2 Å². The lowest BCUT2D eigenvalue weighted by molar-refractivity contribution is -0.116. The molecule has 9 heteroatoms. The van der Waals surface area contributed by atoms with Crippen LogP contribution in [0.25, 0.3) is 0 Å². The number of benzene rings is 1. The Bertz CT molecular complexity index is 962. The minimum Gasteiger partial charge on any atom is -0.311 e. The fourth-order valence-electron chi connectivity index (χ4n) is 4.43. The predicted octanol–water partition coefficient (Wildman–Crippen LogP) is 2.47. The van der Waals surface area contributed by atoms with E-state index in [1.54, 1.807) is 10.5 Å². The van der Waals surface area contributed by atoms with Gasteiger partial charge < -0.3 is 10.2 Å². The molecule has 1 saturated carbocycles. The monoisotopic (exact) mass is 445 g/mol. The number of hydrogen-bond acceptors (Lipinski definition) is 5. The maximum Gasteiger partial charge on any atom is 0.226 e. The molecule has 2 fully saturated rings. The number of carbonyl (C=O) groups is 1. The Hall–Kier alpha value is -2.23. The number of anilines is 1. The van der Waals surface area contributed by atoms with Crippen molar-refractivity contribution in [2.45, 2.75) is 43.9 Å². The number of amides is 1. The van der Waals surface area contributed by atoms with Crippen molar-refractivity contribution in [2.24, 2.45) is 0 Å². The second kappa shape index (κ2) is 9.93. The molecule has 1 aliphatic heterocycles. The number of aromatic nitrogens is 2. The summed E-state index contributed by atoms with van der Waals surface area (Å²) in [6, 6.07) is 11.5. The fourth-order valence-corrected chi connectivity index (χ4v) is 5.94. The molecule has 1 aromatic heterocycles. The molecule has 1 aromatic carbocycles. The zero-order valence-corrected chi connectivity index (χ0v) is 18.6. The Balaban J connectivity index is 1.22. The Labute approximate surface area is 184 Å². The summed E-state index contributed by atoms with van der Waals surface area (Å²) in [5.74, 6) is 0.776. The van der Waals surface area contributed by atoms with Gasteiger partial charge in [0.25, 0.3) is 0 Å². The van der Waals surface area contributed by atoms with Crippen molar-refractivity contribution < 1.29 is 13.2 Å². The average molecular weight is 446 g/mol. The number of carbonyl (C=O) groups excluding carboxylic acids is 1. The van der Waals surface area contributed by atoms with Crippen LogP contribution >= 0.6 is 0 Å². The SMILES string of the molecule is O=C(CCN1CCN(S(=O)(=O)Cc2ccccc2)CC1)Nc1ccnn1C1CCCC1. The maximum absolute atomic E-state index is 12.7. The first-order chi connectivity index (χ1) is 15.0. The molecule has 0 unspecified atom stereocenters. The Kier molecular flexibility index (Phi) is 7.04. The Morgan fingerprint density at radius 2 is 1.74 bits per heavy atom. The first-order valence-electron chi connectivity index (χ1n) is 11.1. The highest BCUT2D eigenvalue weighted by atomic mass is 32.2. The van der Waals surface area contributed by atoms with Crippen molar-refractivity contribution in [2.75, 3.05) is 38.0 Å². The van der Waals surface area contributed by atoms with Crippen LogP contribution in [0.4, 0.5) is 5.82 Å². The number of nitrogens with zero attached hydrogens (tertiary/aromatic N) is 4. The van der Waals surface area contributed by atoms with E-state index in [-0.39, 0.29) is 11.7 Å². The molecule has 2 aliphatic rings. The summed E-state index contributed by atoms with van der Waals surface area (Å²) in [5, 5.41) is 7.39. The van der Waals surface area contributed by atoms with Crippen LogP contribution in [0.15, 0.2) is 42.6 Å². The number of nitrogens with one attached hydrogen (secondary N) is 1. The third kappa shape index (κ3) is 5.72. The Morgan fingerprint density at radius 1 is 1.03 bits per heavy atom. The number of rotatable bonds is 8. The lowest BCUT2D eigenvalue weighted by Gasteiger charge is -2.33. The number of hydrogen-bond donors (Lipinski definition) is 1. The standard InChI is InChI=1S/C22H31N5O3S/c28-22(24-21-10-12-23-27(21)20-8-4-5-9-20)11-13-25-14-16-26(17-15-25)31(29,30)18-19-6-2-1-3-7-19/h1-3,6-7,10,12,20H,4-5,8-9,11,13-18H2,(H,24,28). The molecule has 2 heterocycles. The molecule has 0 spiro atoms. The van der Waals surface area contributed by atoms with Crippen molar-refractivity contribution in [3.63, 3.8) is 0 Å². The molecular formula is C22H31N5O3S. The van der Waals surface area contributed by atoms with Gasteiger partial charge in [0.15, 0.2) is 0 Å². The van der Waals surface area contributed by atoms with Crippen LogP contribution in [0.5, 0.6) is 0 Å². The lowest BCUT2D eigenvalue weighted by atomic mass is 10.2. The van der Waals surface area contributed by atoms with E-state index >= 15 is 0 Å². The van der Waals surface area contributed by atoms with Gasteiger partial charge in [0.2, 0.25) is 15.9 Å². The van der Waals surface area contributed by atoms with E-state index in [4.69, 9.17) is 0 Å². The zero-order valence-electron chi connectivity index (χ0n) is 17.8. The van der Waals surface area contributed by atoms with Crippen LogP contribution in [0.3, 0.4) is 0 Å². The van der Waals surface area contributed by atoms with E-state index in [0.29, 0.717) is 45.2 Å².